The van der Waals surface area contributed by atoms with Crippen molar-refractivity contribution in [3.8, 4) is 0 Å². The summed E-state index contributed by atoms with van der Waals surface area (Å²) in [4.78, 5) is 15.8. The Kier molecular flexibility index (Phi) is 5.78. The van der Waals surface area contributed by atoms with Gasteiger partial charge in [-0.1, -0.05) is 49.1 Å². The van der Waals surface area contributed by atoms with E-state index in [9.17, 15) is 23.1 Å². The monoisotopic (exact) mass is 411 g/mol. The molecule has 0 unspecified atom stereocenters. The molecule has 0 fully saturated rings. The van der Waals surface area contributed by atoms with Gasteiger partial charge in [0.2, 0.25) is 0 Å². The lowest BCUT2D eigenvalue weighted by Crippen LogP contribution is -2.13. The molecule has 0 saturated carbocycles. The van der Waals surface area contributed by atoms with Gasteiger partial charge in [0.25, 0.3) is 0 Å². The van der Waals surface area contributed by atoms with Gasteiger partial charge in [-0.15, -0.1) is 0 Å². The van der Waals surface area contributed by atoms with Gasteiger partial charge in [-0.05, 0) is 47.4 Å². The number of aliphatic carboxylic acids is 1. The molecule has 0 amide bonds. The summed E-state index contributed by atoms with van der Waals surface area (Å²) in [5.74, 6) is -1.02. The lowest BCUT2D eigenvalue weighted by Gasteiger charge is -2.20. The molecule has 2 aromatic carbocycles. The van der Waals surface area contributed by atoms with E-state index < -0.39 is 17.7 Å². The van der Waals surface area contributed by atoms with Crippen LogP contribution in [0.25, 0.3) is 21.9 Å². The SMILES string of the molecule is C=C(c1cccnc1/C(=C\C)c1c(CC(=O)O)c(C)cc2ccccc12)C(F)(F)F. The number of alkyl halides is 3. The minimum atomic E-state index is -4.62. The lowest BCUT2D eigenvalue weighted by molar-refractivity contribution is -0.136. The van der Waals surface area contributed by atoms with Crippen molar-refractivity contribution in [2.24, 2.45) is 0 Å². The number of halogens is 3. The third-order valence-corrected chi connectivity index (χ3v) is 5.00. The number of carbonyl (C=O) groups is 1. The first-order valence-corrected chi connectivity index (χ1v) is 9.26. The van der Waals surface area contributed by atoms with Crippen molar-refractivity contribution in [2.75, 3.05) is 0 Å². The van der Waals surface area contributed by atoms with E-state index in [2.05, 4.69) is 11.6 Å². The van der Waals surface area contributed by atoms with Crippen molar-refractivity contribution in [3.05, 3.63) is 89.3 Å². The number of benzene rings is 2. The maximum absolute atomic E-state index is 13.4. The smallest absolute Gasteiger partial charge is 0.416 e. The van der Waals surface area contributed by atoms with Crippen molar-refractivity contribution >= 4 is 27.9 Å². The number of carboxylic acids is 1. The number of fused-ring (bicyclic) bond motifs is 1. The summed E-state index contributed by atoms with van der Waals surface area (Å²) in [6.07, 6.45) is -1.79. The van der Waals surface area contributed by atoms with Crippen LogP contribution in [0.4, 0.5) is 13.2 Å². The fraction of sp³-hybridized carbons (Fsp3) is 0.167. The average molecular weight is 411 g/mol. The van der Waals surface area contributed by atoms with Gasteiger partial charge in [0, 0.05) is 17.3 Å². The van der Waals surface area contributed by atoms with E-state index >= 15 is 0 Å². The third kappa shape index (κ3) is 3.99. The Labute approximate surface area is 172 Å². The molecule has 154 valence electrons. The topological polar surface area (TPSA) is 50.2 Å². The number of nitrogens with zero attached hydrogens (tertiary/aromatic N) is 1. The van der Waals surface area contributed by atoms with E-state index in [1.54, 1.807) is 19.9 Å². The van der Waals surface area contributed by atoms with Gasteiger partial charge in [-0.2, -0.15) is 13.2 Å². The Morgan fingerprint density at radius 1 is 1.20 bits per heavy atom. The van der Waals surface area contributed by atoms with E-state index in [4.69, 9.17) is 0 Å². The Bertz CT molecular complexity index is 1180. The van der Waals surface area contributed by atoms with Crippen LogP contribution in [-0.2, 0) is 11.2 Å². The zero-order valence-electron chi connectivity index (χ0n) is 16.5. The first kappa shape index (κ1) is 21.3. The van der Waals surface area contributed by atoms with Gasteiger partial charge in [-0.3, -0.25) is 9.78 Å². The quantitative estimate of drug-likeness (QED) is 0.544. The zero-order chi connectivity index (χ0) is 22.1. The number of rotatable bonds is 5. The lowest BCUT2D eigenvalue weighted by atomic mass is 9.85. The van der Waals surface area contributed by atoms with E-state index in [1.807, 2.05) is 30.3 Å². The van der Waals surface area contributed by atoms with E-state index in [0.29, 0.717) is 16.7 Å². The van der Waals surface area contributed by atoms with Gasteiger partial charge in [0.05, 0.1) is 17.7 Å². The zero-order valence-corrected chi connectivity index (χ0v) is 16.5. The number of pyridine rings is 1. The molecule has 0 spiro atoms. The van der Waals surface area contributed by atoms with E-state index in [0.717, 1.165) is 16.3 Å². The molecule has 1 N–H and O–H groups in total. The fourth-order valence-corrected chi connectivity index (χ4v) is 3.63. The predicted octanol–water partition coefficient (Wildman–Crippen LogP) is 6.20. The number of allylic oxidation sites excluding steroid dienone is 2. The van der Waals surface area contributed by atoms with Crippen LogP contribution in [0.15, 0.2) is 61.3 Å². The van der Waals surface area contributed by atoms with Gasteiger partial charge < -0.3 is 5.11 Å². The molecule has 3 rings (SSSR count). The predicted molar refractivity (Wildman–Crippen MR) is 112 cm³/mol. The second kappa shape index (κ2) is 8.14. The summed E-state index contributed by atoms with van der Waals surface area (Å²) in [6, 6.07) is 12.0. The molecular weight excluding hydrogens is 391 g/mol. The molecule has 0 aliphatic carbocycles. The van der Waals surface area contributed by atoms with Crippen LogP contribution >= 0.6 is 0 Å². The minimum absolute atomic E-state index is 0.115. The number of aromatic nitrogens is 1. The van der Waals surface area contributed by atoms with Crippen molar-refractivity contribution in [1.82, 2.24) is 4.98 Å². The maximum Gasteiger partial charge on any atom is 0.416 e. The van der Waals surface area contributed by atoms with Crippen LogP contribution in [0, 0.1) is 6.92 Å². The van der Waals surface area contributed by atoms with Gasteiger partial charge in [-0.25, -0.2) is 0 Å². The minimum Gasteiger partial charge on any atom is -0.481 e. The second-order valence-corrected chi connectivity index (χ2v) is 6.92. The second-order valence-electron chi connectivity index (χ2n) is 6.92. The fourth-order valence-electron chi connectivity index (χ4n) is 3.63. The third-order valence-electron chi connectivity index (χ3n) is 5.00. The van der Waals surface area contributed by atoms with Crippen LogP contribution in [0.2, 0.25) is 0 Å². The largest absolute Gasteiger partial charge is 0.481 e. The van der Waals surface area contributed by atoms with E-state index in [-0.39, 0.29) is 17.7 Å². The molecule has 30 heavy (non-hydrogen) atoms. The molecule has 0 atom stereocenters. The molecule has 1 aromatic heterocycles. The van der Waals surface area contributed by atoms with Crippen molar-refractivity contribution in [2.45, 2.75) is 26.4 Å². The molecule has 1 heterocycles. The summed E-state index contributed by atoms with van der Waals surface area (Å²) in [6.45, 7) is 6.73. The number of hydrogen-bond acceptors (Lipinski definition) is 2. The maximum atomic E-state index is 13.4. The highest BCUT2D eigenvalue weighted by Crippen LogP contribution is 2.40. The Balaban J connectivity index is 2.38. The summed E-state index contributed by atoms with van der Waals surface area (Å²) >= 11 is 0. The molecule has 0 radical (unpaired) electrons. The summed E-state index contributed by atoms with van der Waals surface area (Å²) in [5.41, 5.74) is 1.29. The molecule has 3 nitrogen and oxygen atoms in total. The standard InChI is InChI=1S/C24H20F3NO2/c1-4-17(23-18(10-7-11-28-23)15(3)24(25,26)27)22-19-9-6-5-8-16(19)12-14(2)20(22)13-21(29)30/h4-12H,3,13H2,1-2H3,(H,29,30)/b17-4-. The normalized spacial score (nSPS) is 12.2. The molecule has 0 bridgehead atoms. The Hall–Kier alpha value is -3.41. The van der Waals surface area contributed by atoms with Crippen molar-refractivity contribution in [1.29, 1.82) is 0 Å². The van der Waals surface area contributed by atoms with Crippen LogP contribution < -0.4 is 0 Å². The number of hydrogen-bond donors (Lipinski definition) is 1. The molecule has 0 aliphatic rings. The van der Waals surface area contributed by atoms with Crippen LogP contribution in [0.5, 0.6) is 0 Å². The molecule has 3 aromatic rings. The van der Waals surface area contributed by atoms with Gasteiger partial charge in [0.15, 0.2) is 0 Å². The highest BCUT2D eigenvalue weighted by molar-refractivity contribution is 6.01. The first-order chi connectivity index (χ1) is 14.1. The molecular formula is C24H20F3NO2. The average Bonchev–Trinajstić information content (AvgIpc) is 2.69. The van der Waals surface area contributed by atoms with E-state index in [1.165, 1.54) is 18.3 Å². The highest BCUT2D eigenvalue weighted by Gasteiger charge is 2.35. The Morgan fingerprint density at radius 3 is 2.53 bits per heavy atom. The van der Waals surface area contributed by atoms with Crippen LogP contribution in [-0.4, -0.2) is 22.2 Å². The number of carboxylic acid groups (broad SMARTS) is 1. The van der Waals surface area contributed by atoms with Gasteiger partial charge in [0.1, 0.15) is 0 Å². The van der Waals surface area contributed by atoms with Crippen LogP contribution in [0.3, 0.4) is 0 Å². The molecule has 6 heteroatoms. The highest BCUT2D eigenvalue weighted by atomic mass is 19.4. The molecule has 0 saturated heterocycles. The van der Waals surface area contributed by atoms with Crippen LogP contribution in [0.1, 0.15) is 34.9 Å². The number of aryl methyl sites for hydroxylation is 1. The van der Waals surface area contributed by atoms with Gasteiger partial charge >= 0.3 is 12.1 Å². The summed E-state index contributed by atoms with van der Waals surface area (Å²) in [7, 11) is 0. The first-order valence-electron chi connectivity index (χ1n) is 9.26. The molecule has 0 aliphatic heterocycles. The van der Waals surface area contributed by atoms with Crippen molar-refractivity contribution in [3.63, 3.8) is 0 Å². The van der Waals surface area contributed by atoms with Crippen molar-refractivity contribution < 1.29 is 23.1 Å². The summed E-state index contributed by atoms with van der Waals surface area (Å²) < 4.78 is 40.3. The Morgan fingerprint density at radius 2 is 1.90 bits per heavy atom. The summed E-state index contributed by atoms with van der Waals surface area (Å²) in [5, 5.41) is 11.1.